The van der Waals surface area contributed by atoms with Gasteiger partial charge in [0.1, 0.15) is 17.6 Å². The van der Waals surface area contributed by atoms with Gasteiger partial charge >= 0.3 is 0 Å². The number of nitrogens with one attached hydrogen (secondary N) is 1. The number of aromatic nitrogens is 1. The highest BCUT2D eigenvalue weighted by Crippen LogP contribution is 2.23. The highest BCUT2D eigenvalue weighted by molar-refractivity contribution is 5.45. The molecular formula is C11H8F4N2O2. The molecule has 0 fully saturated rings. The van der Waals surface area contributed by atoms with Crippen LogP contribution in [0.4, 0.5) is 23.2 Å². The van der Waals surface area contributed by atoms with Crippen LogP contribution in [0, 0.1) is 23.5 Å². The molecule has 2 N–H and O–H groups in total. The first-order valence-electron chi connectivity index (χ1n) is 5.16. The Morgan fingerprint density at radius 3 is 2.37 bits per heavy atom. The van der Waals surface area contributed by atoms with Gasteiger partial charge in [-0.25, -0.2) is 0 Å². The second-order valence-corrected chi connectivity index (χ2v) is 3.61. The summed E-state index contributed by atoms with van der Waals surface area (Å²) in [5.74, 6) is -6.72. The van der Waals surface area contributed by atoms with E-state index in [2.05, 4.69) is 10.3 Å². The quantitative estimate of drug-likeness (QED) is 0.665. The lowest BCUT2D eigenvalue weighted by Crippen LogP contribution is -2.15. The molecule has 2 aromatic rings. The van der Waals surface area contributed by atoms with Crippen LogP contribution >= 0.6 is 0 Å². The Balaban J connectivity index is 2.16. The molecule has 1 atom stereocenters. The summed E-state index contributed by atoms with van der Waals surface area (Å²) < 4.78 is 56.9. The molecular weight excluding hydrogens is 268 g/mol. The van der Waals surface area contributed by atoms with Gasteiger partial charge in [-0.2, -0.15) is 22.5 Å². The van der Waals surface area contributed by atoms with Gasteiger partial charge in [-0.15, -0.1) is 0 Å². The van der Waals surface area contributed by atoms with Crippen molar-refractivity contribution in [3.05, 3.63) is 47.7 Å². The number of nitrogens with zero attached hydrogens (tertiary/aromatic N) is 1. The highest BCUT2D eigenvalue weighted by Gasteiger charge is 2.21. The first-order valence-corrected chi connectivity index (χ1v) is 5.16. The summed E-state index contributed by atoms with van der Waals surface area (Å²) in [6.45, 7) is -0.399. The van der Waals surface area contributed by atoms with Crippen molar-refractivity contribution < 1.29 is 27.1 Å². The number of aliphatic hydroxyl groups excluding tert-OH is 1. The van der Waals surface area contributed by atoms with E-state index in [1.54, 1.807) is 0 Å². The molecule has 0 bridgehead atoms. The normalized spacial score (nSPS) is 12.5. The number of furan rings is 1. The van der Waals surface area contributed by atoms with E-state index < -0.39 is 41.9 Å². The molecule has 1 unspecified atom stereocenters. The van der Waals surface area contributed by atoms with E-state index in [0.717, 1.165) is 0 Å². The van der Waals surface area contributed by atoms with Crippen molar-refractivity contribution in [2.45, 2.75) is 6.10 Å². The zero-order chi connectivity index (χ0) is 14.0. The van der Waals surface area contributed by atoms with Crippen molar-refractivity contribution in [3.63, 3.8) is 0 Å². The van der Waals surface area contributed by atoms with Crippen molar-refractivity contribution in [2.24, 2.45) is 0 Å². The molecule has 0 radical (unpaired) electrons. The van der Waals surface area contributed by atoms with Crippen molar-refractivity contribution in [1.29, 1.82) is 0 Å². The van der Waals surface area contributed by atoms with E-state index in [4.69, 9.17) is 4.42 Å². The first kappa shape index (κ1) is 13.3. The molecule has 0 aliphatic heterocycles. The van der Waals surface area contributed by atoms with Crippen LogP contribution in [-0.4, -0.2) is 16.6 Å². The number of anilines is 1. The van der Waals surface area contributed by atoms with Crippen LogP contribution in [0.15, 0.2) is 22.8 Å². The summed E-state index contributed by atoms with van der Waals surface area (Å²) in [4.78, 5) is 2.41. The van der Waals surface area contributed by atoms with Crippen LogP contribution < -0.4 is 5.32 Å². The average Bonchev–Trinajstić information content (AvgIpc) is 2.90. The number of pyridine rings is 1. The van der Waals surface area contributed by atoms with Crippen LogP contribution in [-0.2, 0) is 0 Å². The van der Waals surface area contributed by atoms with E-state index in [9.17, 15) is 22.7 Å². The molecule has 0 saturated carbocycles. The predicted molar refractivity (Wildman–Crippen MR) is 56.2 cm³/mol. The largest absolute Gasteiger partial charge is 0.467 e. The van der Waals surface area contributed by atoms with Crippen LogP contribution in [0.1, 0.15) is 11.9 Å². The Labute approximate surface area is 104 Å². The van der Waals surface area contributed by atoms with E-state index in [1.807, 2.05) is 0 Å². The van der Waals surface area contributed by atoms with E-state index >= 15 is 0 Å². The molecule has 0 saturated heterocycles. The van der Waals surface area contributed by atoms with Gasteiger partial charge in [0.05, 0.1) is 6.26 Å². The van der Waals surface area contributed by atoms with Gasteiger partial charge in [0.2, 0.25) is 11.6 Å². The zero-order valence-electron chi connectivity index (χ0n) is 9.33. The third kappa shape index (κ3) is 2.68. The fraction of sp³-hybridized carbons (Fsp3) is 0.182. The summed E-state index contributed by atoms with van der Waals surface area (Å²) in [5.41, 5.74) is -1.03. The fourth-order valence-electron chi connectivity index (χ4n) is 1.42. The number of hydrogen-bond acceptors (Lipinski definition) is 4. The fourth-order valence-corrected chi connectivity index (χ4v) is 1.42. The lowest BCUT2D eigenvalue weighted by Gasteiger charge is -2.12. The van der Waals surface area contributed by atoms with Gasteiger partial charge in [-0.1, -0.05) is 0 Å². The summed E-state index contributed by atoms with van der Waals surface area (Å²) in [7, 11) is 0. The minimum Gasteiger partial charge on any atom is -0.467 e. The van der Waals surface area contributed by atoms with Gasteiger partial charge < -0.3 is 14.8 Å². The maximum atomic E-state index is 13.2. The molecule has 0 aliphatic carbocycles. The van der Waals surface area contributed by atoms with Gasteiger partial charge in [0.15, 0.2) is 0 Å². The molecule has 8 heteroatoms. The van der Waals surface area contributed by atoms with Crippen LogP contribution in [0.5, 0.6) is 0 Å². The molecule has 0 spiro atoms. The minimum atomic E-state index is -1.77. The number of hydrogen-bond donors (Lipinski definition) is 2. The Morgan fingerprint density at radius 1 is 1.21 bits per heavy atom. The zero-order valence-corrected chi connectivity index (χ0v) is 9.33. The standard InChI is InChI=1S/C11H8F4N2O2/c12-7-9(8(13)11(15)17-10(7)14)16-4-5(18)6-2-1-3-19-6/h1-3,5,18H,4H2,(H,16,17). The van der Waals surface area contributed by atoms with Gasteiger partial charge in [-0.3, -0.25) is 0 Å². The van der Waals surface area contributed by atoms with Crippen molar-refractivity contribution >= 4 is 5.69 Å². The Bertz CT molecular complexity index is 548. The van der Waals surface area contributed by atoms with Gasteiger partial charge in [0, 0.05) is 6.54 Å². The third-order valence-electron chi connectivity index (χ3n) is 2.34. The number of rotatable bonds is 4. The van der Waals surface area contributed by atoms with Crippen LogP contribution in [0.2, 0.25) is 0 Å². The maximum absolute atomic E-state index is 13.2. The number of halogens is 4. The van der Waals surface area contributed by atoms with Crippen molar-refractivity contribution in [3.8, 4) is 0 Å². The van der Waals surface area contributed by atoms with Crippen molar-refractivity contribution in [1.82, 2.24) is 4.98 Å². The van der Waals surface area contributed by atoms with Gasteiger partial charge in [0.25, 0.3) is 11.9 Å². The van der Waals surface area contributed by atoms with Crippen molar-refractivity contribution in [2.75, 3.05) is 11.9 Å². The Morgan fingerprint density at radius 2 is 1.84 bits per heavy atom. The summed E-state index contributed by atoms with van der Waals surface area (Å²) in [6.07, 6.45) is 0.0685. The molecule has 2 aromatic heterocycles. The topological polar surface area (TPSA) is 58.3 Å². The van der Waals surface area contributed by atoms with E-state index in [-0.39, 0.29) is 5.76 Å². The average molecular weight is 276 g/mol. The highest BCUT2D eigenvalue weighted by atomic mass is 19.2. The second kappa shape index (κ2) is 5.27. The molecule has 0 aliphatic rings. The lowest BCUT2D eigenvalue weighted by molar-refractivity contribution is 0.162. The molecule has 102 valence electrons. The Hall–Kier alpha value is -2.09. The van der Waals surface area contributed by atoms with Crippen LogP contribution in [0.3, 0.4) is 0 Å². The summed E-state index contributed by atoms with van der Waals surface area (Å²) >= 11 is 0. The summed E-state index contributed by atoms with van der Waals surface area (Å²) in [6, 6.07) is 2.94. The smallest absolute Gasteiger partial charge is 0.253 e. The Kier molecular flexibility index (Phi) is 3.70. The van der Waals surface area contributed by atoms with Crippen LogP contribution in [0.25, 0.3) is 0 Å². The third-order valence-corrected chi connectivity index (χ3v) is 2.34. The van der Waals surface area contributed by atoms with E-state index in [1.165, 1.54) is 18.4 Å². The van der Waals surface area contributed by atoms with E-state index in [0.29, 0.717) is 0 Å². The van der Waals surface area contributed by atoms with Gasteiger partial charge in [-0.05, 0) is 12.1 Å². The lowest BCUT2D eigenvalue weighted by atomic mass is 10.2. The first-order chi connectivity index (χ1) is 9.00. The maximum Gasteiger partial charge on any atom is 0.253 e. The SMILES string of the molecule is OC(CNc1c(F)c(F)nc(F)c1F)c1ccco1. The number of aliphatic hydroxyl groups is 1. The molecule has 2 rings (SSSR count). The second-order valence-electron chi connectivity index (χ2n) is 3.61. The molecule has 19 heavy (non-hydrogen) atoms. The minimum absolute atomic E-state index is 0.142. The molecule has 0 amide bonds. The predicted octanol–water partition coefficient (Wildman–Crippen LogP) is 2.38. The monoisotopic (exact) mass is 276 g/mol. The molecule has 0 aromatic carbocycles. The summed E-state index contributed by atoms with van der Waals surface area (Å²) in [5, 5.41) is 11.7. The molecule has 2 heterocycles. The molecule has 4 nitrogen and oxygen atoms in total.